The molecule has 1 atom stereocenters. The van der Waals surface area contributed by atoms with E-state index in [9.17, 15) is 4.79 Å². The molecule has 7 nitrogen and oxygen atoms in total. The fourth-order valence-corrected chi connectivity index (χ4v) is 4.35. The first-order chi connectivity index (χ1) is 14.5. The lowest BCUT2D eigenvalue weighted by Crippen LogP contribution is -2.54. The number of fused-ring (bicyclic) bond motifs is 2. The van der Waals surface area contributed by atoms with Gasteiger partial charge in [-0.3, -0.25) is 9.69 Å². The van der Waals surface area contributed by atoms with Crippen molar-refractivity contribution in [3.63, 3.8) is 0 Å². The molecule has 0 radical (unpaired) electrons. The molecule has 162 valence electrons. The molecule has 1 aromatic heterocycles. The summed E-state index contributed by atoms with van der Waals surface area (Å²) in [5.74, 6) is 2.22. The monoisotopic (exact) mass is 412 g/mol. The summed E-state index contributed by atoms with van der Waals surface area (Å²) in [6.07, 6.45) is 4.96. The molecule has 2 aliphatic rings. The van der Waals surface area contributed by atoms with Crippen LogP contribution in [0.2, 0.25) is 0 Å². The Labute approximate surface area is 178 Å². The van der Waals surface area contributed by atoms with E-state index in [1.165, 1.54) is 5.56 Å². The summed E-state index contributed by atoms with van der Waals surface area (Å²) in [6.45, 7) is 8.08. The fraction of sp³-hybridized carbons (Fsp3) is 0.565. The first kappa shape index (κ1) is 20.9. The number of carbonyl (C=O) groups excluding carboxylic acids is 1. The van der Waals surface area contributed by atoms with Crippen LogP contribution in [0.3, 0.4) is 0 Å². The number of methoxy groups -OCH3 is 1. The SMILES string of the molecule is COc1ccc(CN2CCC3(CC2)O[C@@H](C(=O)NCC(C)C)Cn2ccnc23)cc1. The molecule has 1 saturated heterocycles. The van der Waals surface area contributed by atoms with Gasteiger partial charge in [-0.2, -0.15) is 0 Å². The maximum absolute atomic E-state index is 12.7. The van der Waals surface area contributed by atoms with E-state index < -0.39 is 11.7 Å². The molecular formula is C23H32N4O3. The Balaban J connectivity index is 1.42. The highest BCUT2D eigenvalue weighted by Crippen LogP contribution is 2.40. The highest BCUT2D eigenvalue weighted by Gasteiger charge is 2.47. The molecule has 1 N–H and O–H groups in total. The first-order valence-electron chi connectivity index (χ1n) is 10.8. The van der Waals surface area contributed by atoms with Crippen LogP contribution in [0.15, 0.2) is 36.7 Å². The highest BCUT2D eigenvalue weighted by atomic mass is 16.5. The summed E-state index contributed by atoms with van der Waals surface area (Å²) in [5.41, 5.74) is 0.779. The maximum Gasteiger partial charge on any atom is 0.251 e. The minimum Gasteiger partial charge on any atom is -0.497 e. The van der Waals surface area contributed by atoms with Crippen molar-refractivity contribution in [2.24, 2.45) is 5.92 Å². The van der Waals surface area contributed by atoms with E-state index in [0.29, 0.717) is 19.0 Å². The largest absolute Gasteiger partial charge is 0.497 e. The van der Waals surface area contributed by atoms with Gasteiger partial charge >= 0.3 is 0 Å². The molecule has 4 rings (SSSR count). The summed E-state index contributed by atoms with van der Waals surface area (Å²) in [4.78, 5) is 19.8. The lowest BCUT2D eigenvalue weighted by Gasteiger charge is -2.45. The molecule has 0 aliphatic carbocycles. The van der Waals surface area contributed by atoms with Gasteiger partial charge in [-0.25, -0.2) is 4.98 Å². The van der Waals surface area contributed by atoms with Crippen molar-refractivity contribution in [3.05, 3.63) is 48.0 Å². The number of carbonyl (C=O) groups is 1. The predicted octanol–water partition coefficient (Wildman–Crippen LogP) is 2.55. The van der Waals surface area contributed by atoms with Gasteiger partial charge in [0.2, 0.25) is 0 Å². The van der Waals surface area contributed by atoms with Crippen LogP contribution in [0, 0.1) is 5.92 Å². The molecule has 1 amide bonds. The van der Waals surface area contributed by atoms with Gasteiger partial charge < -0.3 is 19.4 Å². The van der Waals surface area contributed by atoms with E-state index in [1.807, 2.05) is 24.5 Å². The number of rotatable bonds is 6. The molecule has 0 saturated carbocycles. The van der Waals surface area contributed by atoms with E-state index in [1.54, 1.807) is 7.11 Å². The van der Waals surface area contributed by atoms with Crippen LogP contribution in [0.4, 0.5) is 0 Å². The van der Waals surface area contributed by atoms with Crippen molar-refractivity contribution < 1.29 is 14.3 Å². The summed E-state index contributed by atoms with van der Waals surface area (Å²) in [6, 6.07) is 8.23. The van der Waals surface area contributed by atoms with E-state index in [4.69, 9.17) is 9.47 Å². The van der Waals surface area contributed by atoms with E-state index in [2.05, 4.69) is 45.7 Å². The Morgan fingerprint density at radius 3 is 2.70 bits per heavy atom. The second-order valence-electron chi connectivity index (χ2n) is 8.77. The van der Waals surface area contributed by atoms with Gasteiger partial charge in [-0.15, -0.1) is 0 Å². The summed E-state index contributed by atoms with van der Waals surface area (Å²) < 4.78 is 13.8. The number of benzene rings is 1. The number of hydrogen-bond donors (Lipinski definition) is 1. The first-order valence-corrected chi connectivity index (χ1v) is 10.8. The van der Waals surface area contributed by atoms with Gasteiger partial charge in [0, 0.05) is 38.6 Å². The second kappa shape index (κ2) is 8.78. The molecule has 30 heavy (non-hydrogen) atoms. The van der Waals surface area contributed by atoms with Crippen molar-refractivity contribution in [3.8, 4) is 5.75 Å². The van der Waals surface area contributed by atoms with Gasteiger partial charge in [0.15, 0.2) is 6.10 Å². The average Bonchev–Trinajstić information content (AvgIpc) is 3.24. The molecular weight excluding hydrogens is 380 g/mol. The number of nitrogens with one attached hydrogen (secondary N) is 1. The van der Waals surface area contributed by atoms with Crippen LogP contribution in [0.25, 0.3) is 0 Å². The van der Waals surface area contributed by atoms with Crippen LogP contribution < -0.4 is 10.1 Å². The van der Waals surface area contributed by atoms with E-state index in [-0.39, 0.29) is 5.91 Å². The van der Waals surface area contributed by atoms with Gasteiger partial charge in [0.1, 0.15) is 17.2 Å². The van der Waals surface area contributed by atoms with Gasteiger partial charge in [0.05, 0.1) is 13.7 Å². The van der Waals surface area contributed by atoms with E-state index >= 15 is 0 Å². The zero-order chi connectivity index (χ0) is 21.1. The van der Waals surface area contributed by atoms with Crippen LogP contribution >= 0.6 is 0 Å². The van der Waals surface area contributed by atoms with Crippen LogP contribution in [0.1, 0.15) is 38.1 Å². The number of amides is 1. The van der Waals surface area contributed by atoms with E-state index in [0.717, 1.165) is 44.0 Å². The molecule has 0 unspecified atom stereocenters. The standard InChI is InChI=1S/C23H32N4O3/c1-17(2)14-25-21(28)20-16-27-13-10-24-22(27)23(30-20)8-11-26(12-9-23)15-18-4-6-19(29-3)7-5-18/h4-7,10,13,17,20H,8-9,11-12,14-16H2,1-3H3,(H,25,28)/t20-/m1/s1. The molecule has 3 heterocycles. The Bertz CT molecular complexity index is 854. The highest BCUT2D eigenvalue weighted by molar-refractivity contribution is 5.80. The second-order valence-corrected chi connectivity index (χ2v) is 8.77. The van der Waals surface area contributed by atoms with Crippen molar-refractivity contribution in [1.29, 1.82) is 0 Å². The molecule has 2 aromatic rings. The van der Waals surface area contributed by atoms with Crippen LogP contribution in [-0.4, -0.2) is 53.2 Å². The Morgan fingerprint density at radius 2 is 2.03 bits per heavy atom. The molecule has 7 heteroatoms. The molecule has 1 fully saturated rings. The number of hydrogen-bond acceptors (Lipinski definition) is 5. The summed E-state index contributed by atoms with van der Waals surface area (Å²) >= 11 is 0. The number of ether oxygens (including phenoxy) is 2. The fourth-order valence-electron chi connectivity index (χ4n) is 4.35. The van der Waals surface area contributed by atoms with Gasteiger partial charge in [0.25, 0.3) is 5.91 Å². The van der Waals surface area contributed by atoms with Crippen LogP contribution in [-0.2, 0) is 28.2 Å². The summed E-state index contributed by atoms with van der Waals surface area (Å²) in [5, 5.41) is 3.03. The van der Waals surface area contributed by atoms with Crippen LogP contribution in [0.5, 0.6) is 5.75 Å². The van der Waals surface area contributed by atoms with Crippen molar-refractivity contribution in [1.82, 2.24) is 19.8 Å². The normalized spacial score (nSPS) is 20.9. The Morgan fingerprint density at radius 1 is 1.30 bits per heavy atom. The minimum absolute atomic E-state index is 0.0249. The Hall–Kier alpha value is -2.38. The van der Waals surface area contributed by atoms with Gasteiger partial charge in [-0.05, 0) is 36.5 Å². The number of likely N-dealkylation sites (tertiary alicyclic amines) is 1. The Kier molecular flexibility index (Phi) is 6.11. The maximum atomic E-state index is 12.7. The van der Waals surface area contributed by atoms with Crippen molar-refractivity contribution in [2.45, 2.75) is 51.5 Å². The molecule has 0 bridgehead atoms. The number of imidazole rings is 1. The van der Waals surface area contributed by atoms with Gasteiger partial charge in [-0.1, -0.05) is 26.0 Å². The third-order valence-electron chi connectivity index (χ3n) is 6.06. The molecule has 2 aliphatic heterocycles. The summed E-state index contributed by atoms with van der Waals surface area (Å²) in [7, 11) is 1.68. The smallest absolute Gasteiger partial charge is 0.251 e. The third-order valence-corrected chi connectivity index (χ3v) is 6.06. The van der Waals surface area contributed by atoms with Crippen molar-refractivity contribution in [2.75, 3.05) is 26.7 Å². The third kappa shape index (κ3) is 4.37. The zero-order valence-electron chi connectivity index (χ0n) is 18.1. The molecule has 1 aromatic carbocycles. The number of aromatic nitrogens is 2. The zero-order valence-corrected chi connectivity index (χ0v) is 18.1. The minimum atomic E-state index is -0.488. The molecule has 1 spiro atoms. The van der Waals surface area contributed by atoms with Crippen molar-refractivity contribution >= 4 is 5.91 Å². The lowest BCUT2D eigenvalue weighted by molar-refractivity contribution is -0.174. The topological polar surface area (TPSA) is 68.6 Å². The number of nitrogens with zero attached hydrogens (tertiary/aromatic N) is 3. The number of piperidine rings is 1. The average molecular weight is 413 g/mol. The predicted molar refractivity (Wildman–Crippen MR) is 114 cm³/mol. The lowest BCUT2D eigenvalue weighted by atomic mass is 9.88. The quantitative estimate of drug-likeness (QED) is 0.790.